The number of aromatic nitrogens is 1. The van der Waals surface area contributed by atoms with E-state index >= 15 is 0 Å². The van der Waals surface area contributed by atoms with Crippen LogP contribution in [0.5, 0.6) is 0 Å². The zero-order valence-electron chi connectivity index (χ0n) is 12.5. The van der Waals surface area contributed by atoms with Crippen LogP contribution in [0.2, 0.25) is 0 Å². The summed E-state index contributed by atoms with van der Waals surface area (Å²) in [5.41, 5.74) is 0.626. The van der Waals surface area contributed by atoms with Crippen LogP contribution >= 0.6 is 0 Å². The van der Waals surface area contributed by atoms with Gasteiger partial charge >= 0.3 is 0 Å². The van der Waals surface area contributed by atoms with Crippen molar-refractivity contribution >= 4 is 11.7 Å². The predicted octanol–water partition coefficient (Wildman–Crippen LogP) is 1.27. The first kappa shape index (κ1) is 14.8. The number of carbonyl (C=O) groups excluding carboxylic acids is 1. The fraction of sp³-hybridized carbons (Fsp3) is 0.600. The highest BCUT2D eigenvalue weighted by molar-refractivity contribution is 5.94. The van der Waals surface area contributed by atoms with Crippen molar-refractivity contribution in [3.63, 3.8) is 0 Å². The molecule has 5 heteroatoms. The molecular weight excluding hydrogens is 252 g/mol. The Balaban J connectivity index is 1.94. The number of anilines is 1. The molecule has 1 fully saturated rings. The third-order valence-electron chi connectivity index (χ3n) is 3.69. The third kappa shape index (κ3) is 3.48. The molecule has 0 unspecified atom stereocenters. The molecular formula is C15H24N4O. The normalized spacial score (nSPS) is 15.0. The van der Waals surface area contributed by atoms with E-state index in [1.165, 1.54) is 0 Å². The van der Waals surface area contributed by atoms with E-state index < -0.39 is 0 Å². The molecule has 0 aromatic carbocycles. The first-order valence-electron chi connectivity index (χ1n) is 7.33. The molecule has 20 heavy (non-hydrogen) atoms. The summed E-state index contributed by atoms with van der Waals surface area (Å²) < 4.78 is 0. The van der Waals surface area contributed by atoms with Gasteiger partial charge in [-0.2, -0.15) is 0 Å². The van der Waals surface area contributed by atoms with Crippen molar-refractivity contribution in [1.82, 2.24) is 15.6 Å². The molecule has 5 nitrogen and oxygen atoms in total. The Labute approximate surface area is 120 Å². The molecule has 1 aromatic rings. The van der Waals surface area contributed by atoms with Gasteiger partial charge in [-0.25, -0.2) is 4.98 Å². The van der Waals surface area contributed by atoms with Gasteiger partial charge in [0.2, 0.25) is 0 Å². The van der Waals surface area contributed by atoms with Crippen molar-refractivity contribution in [3.8, 4) is 0 Å². The van der Waals surface area contributed by atoms with Crippen molar-refractivity contribution < 1.29 is 4.79 Å². The summed E-state index contributed by atoms with van der Waals surface area (Å²) in [7, 11) is 0. The van der Waals surface area contributed by atoms with Crippen LogP contribution in [0.3, 0.4) is 0 Å². The van der Waals surface area contributed by atoms with Gasteiger partial charge in [-0.15, -0.1) is 0 Å². The molecule has 110 valence electrons. The maximum Gasteiger partial charge on any atom is 0.252 e. The lowest BCUT2D eigenvalue weighted by molar-refractivity contribution is 0.0942. The van der Waals surface area contributed by atoms with Gasteiger partial charge in [0.15, 0.2) is 0 Å². The van der Waals surface area contributed by atoms with Crippen LogP contribution in [0.15, 0.2) is 18.3 Å². The van der Waals surface area contributed by atoms with Crippen LogP contribution in [-0.4, -0.2) is 43.1 Å². The zero-order chi connectivity index (χ0) is 14.5. The minimum absolute atomic E-state index is 0.0384. The lowest BCUT2D eigenvalue weighted by Crippen LogP contribution is -2.48. The van der Waals surface area contributed by atoms with Crippen LogP contribution in [0, 0.1) is 5.92 Å². The summed E-state index contributed by atoms with van der Waals surface area (Å²) in [6.07, 6.45) is 1.66. The van der Waals surface area contributed by atoms with Crippen molar-refractivity contribution in [1.29, 1.82) is 0 Å². The van der Waals surface area contributed by atoms with Crippen molar-refractivity contribution in [2.24, 2.45) is 5.92 Å². The van der Waals surface area contributed by atoms with E-state index in [0.29, 0.717) is 17.5 Å². The fourth-order valence-corrected chi connectivity index (χ4v) is 2.31. The van der Waals surface area contributed by atoms with E-state index in [-0.39, 0.29) is 5.91 Å². The van der Waals surface area contributed by atoms with Crippen LogP contribution in [0.25, 0.3) is 0 Å². The summed E-state index contributed by atoms with van der Waals surface area (Å²) >= 11 is 0. The summed E-state index contributed by atoms with van der Waals surface area (Å²) in [6, 6.07) is 4.17. The zero-order valence-corrected chi connectivity index (χ0v) is 12.5. The average Bonchev–Trinajstić information content (AvgIpc) is 2.38. The van der Waals surface area contributed by atoms with E-state index in [1.807, 2.05) is 12.1 Å². The average molecular weight is 276 g/mol. The standard InChI is InChI=1S/C15H24N4O/c1-4-19(11(2)3)14-6-5-13(10-17-14)15(20)18-9-12-7-16-8-12/h5-6,10-12,16H,4,7-9H2,1-3H3,(H,18,20). The Morgan fingerprint density at radius 2 is 2.25 bits per heavy atom. The number of nitrogens with one attached hydrogen (secondary N) is 2. The fourth-order valence-electron chi connectivity index (χ4n) is 2.31. The predicted molar refractivity (Wildman–Crippen MR) is 81.1 cm³/mol. The monoisotopic (exact) mass is 276 g/mol. The highest BCUT2D eigenvalue weighted by Crippen LogP contribution is 2.14. The number of rotatable bonds is 6. The van der Waals surface area contributed by atoms with Gasteiger partial charge in [0.05, 0.1) is 5.56 Å². The summed E-state index contributed by atoms with van der Waals surface area (Å²) in [5.74, 6) is 1.45. The molecule has 1 amide bonds. The number of hydrogen-bond donors (Lipinski definition) is 2. The van der Waals surface area contributed by atoms with Gasteiger partial charge in [-0.3, -0.25) is 4.79 Å². The maximum atomic E-state index is 12.0. The molecule has 0 bridgehead atoms. The van der Waals surface area contributed by atoms with Gasteiger partial charge in [0.1, 0.15) is 5.82 Å². The quantitative estimate of drug-likeness (QED) is 0.821. The highest BCUT2D eigenvalue weighted by Gasteiger charge is 2.18. The molecule has 1 aliphatic heterocycles. The molecule has 0 atom stereocenters. The van der Waals surface area contributed by atoms with Crippen LogP contribution in [0.1, 0.15) is 31.1 Å². The maximum absolute atomic E-state index is 12.0. The van der Waals surface area contributed by atoms with E-state index in [9.17, 15) is 4.79 Å². The Hall–Kier alpha value is -1.62. The van der Waals surface area contributed by atoms with E-state index in [4.69, 9.17) is 0 Å². The van der Waals surface area contributed by atoms with Gasteiger partial charge in [-0.05, 0) is 32.9 Å². The molecule has 0 saturated carbocycles. The lowest BCUT2D eigenvalue weighted by Gasteiger charge is -2.27. The first-order chi connectivity index (χ1) is 9.61. The van der Waals surface area contributed by atoms with Gasteiger partial charge in [-0.1, -0.05) is 0 Å². The smallest absolute Gasteiger partial charge is 0.252 e. The number of pyridine rings is 1. The first-order valence-corrected chi connectivity index (χ1v) is 7.33. The number of hydrogen-bond acceptors (Lipinski definition) is 4. The summed E-state index contributed by atoms with van der Waals surface area (Å²) in [5, 5.41) is 6.15. The largest absolute Gasteiger partial charge is 0.354 e. The topological polar surface area (TPSA) is 57.3 Å². The lowest BCUT2D eigenvalue weighted by atomic mass is 10.0. The second-order valence-electron chi connectivity index (χ2n) is 5.52. The second-order valence-corrected chi connectivity index (χ2v) is 5.52. The molecule has 0 aliphatic carbocycles. The number of amides is 1. The van der Waals surface area contributed by atoms with Crippen molar-refractivity contribution in [3.05, 3.63) is 23.9 Å². The molecule has 1 aromatic heterocycles. The minimum Gasteiger partial charge on any atom is -0.354 e. The van der Waals surface area contributed by atoms with Crippen molar-refractivity contribution in [2.45, 2.75) is 26.8 Å². The van der Waals surface area contributed by atoms with Gasteiger partial charge in [0.25, 0.3) is 5.91 Å². The molecule has 2 N–H and O–H groups in total. The summed E-state index contributed by atoms with van der Waals surface area (Å²) in [4.78, 5) is 18.6. The van der Waals surface area contributed by atoms with E-state index in [1.54, 1.807) is 6.20 Å². The van der Waals surface area contributed by atoms with Gasteiger partial charge in [0, 0.05) is 44.3 Å². The van der Waals surface area contributed by atoms with Crippen molar-refractivity contribution in [2.75, 3.05) is 31.1 Å². The molecule has 2 rings (SSSR count). The number of nitrogens with zero attached hydrogens (tertiary/aromatic N) is 2. The minimum atomic E-state index is -0.0384. The third-order valence-corrected chi connectivity index (χ3v) is 3.69. The molecule has 0 spiro atoms. The Bertz CT molecular complexity index is 440. The molecule has 1 aliphatic rings. The Kier molecular flexibility index (Phi) is 4.95. The van der Waals surface area contributed by atoms with E-state index in [2.05, 4.69) is 41.3 Å². The van der Waals surface area contributed by atoms with E-state index in [0.717, 1.165) is 32.0 Å². The molecule has 0 radical (unpaired) electrons. The molecule has 1 saturated heterocycles. The van der Waals surface area contributed by atoms with Crippen LogP contribution < -0.4 is 15.5 Å². The Morgan fingerprint density at radius 3 is 2.70 bits per heavy atom. The number of carbonyl (C=O) groups is 1. The van der Waals surface area contributed by atoms with Gasteiger partial charge < -0.3 is 15.5 Å². The highest BCUT2D eigenvalue weighted by atomic mass is 16.1. The Morgan fingerprint density at radius 1 is 1.50 bits per heavy atom. The van der Waals surface area contributed by atoms with Crippen LogP contribution in [-0.2, 0) is 0 Å². The second kappa shape index (κ2) is 6.70. The molecule has 2 heterocycles. The SMILES string of the molecule is CCN(c1ccc(C(=O)NCC2CNC2)cn1)C(C)C. The summed E-state index contributed by atoms with van der Waals surface area (Å²) in [6.45, 7) is 10.0. The van der Waals surface area contributed by atoms with Crippen LogP contribution in [0.4, 0.5) is 5.82 Å².